The first kappa shape index (κ1) is 14.6. The lowest BCUT2D eigenvalue weighted by molar-refractivity contribution is 0.472. The molecule has 1 N–H and O–H groups in total. The summed E-state index contributed by atoms with van der Waals surface area (Å²) in [6, 6.07) is 8.17. The van der Waals surface area contributed by atoms with Crippen molar-refractivity contribution in [3.63, 3.8) is 0 Å². The Bertz CT molecular complexity index is 611. The molecule has 0 aromatic heterocycles. The third-order valence-corrected chi connectivity index (χ3v) is 3.44. The minimum Gasteiger partial charge on any atom is -0.313 e. The van der Waals surface area contributed by atoms with Crippen LogP contribution in [0.1, 0.15) is 22.7 Å². The van der Waals surface area contributed by atoms with Crippen molar-refractivity contribution in [2.75, 3.05) is 7.05 Å². The summed E-state index contributed by atoms with van der Waals surface area (Å²) in [6.45, 7) is 1.86. The lowest BCUT2D eigenvalue weighted by Gasteiger charge is -2.19. The van der Waals surface area contributed by atoms with Crippen molar-refractivity contribution < 1.29 is 13.2 Å². The van der Waals surface area contributed by atoms with Crippen LogP contribution in [0.5, 0.6) is 0 Å². The van der Waals surface area contributed by atoms with Gasteiger partial charge in [-0.1, -0.05) is 18.2 Å². The van der Waals surface area contributed by atoms with Gasteiger partial charge in [-0.2, -0.15) is 0 Å². The first-order chi connectivity index (χ1) is 9.52. The number of aryl methyl sites for hydroxylation is 1. The lowest BCUT2D eigenvalue weighted by Crippen LogP contribution is -2.21. The van der Waals surface area contributed by atoms with Gasteiger partial charge in [0.1, 0.15) is 5.82 Å². The first-order valence-corrected chi connectivity index (χ1v) is 6.39. The standard InChI is InChI=1S/C16H16F3N/c1-10-6-7-12(17)8-11(10)9-15(20-2)13-4-3-5-14(18)16(13)19/h3-8,15,20H,9H2,1-2H3. The zero-order valence-electron chi connectivity index (χ0n) is 11.4. The van der Waals surface area contributed by atoms with E-state index in [0.29, 0.717) is 6.42 Å². The van der Waals surface area contributed by atoms with Crippen molar-refractivity contribution in [2.24, 2.45) is 0 Å². The molecular formula is C16H16F3N. The highest BCUT2D eigenvalue weighted by atomic mass is 19.2. The molecule has 0 heterocycles. The van der Waals surface area contributed by atoms with Crippen molar-refractivity contribution in [3.05, 3.63) is 70.5 Å². The second-order valence-corrected chi connectivity index (χ2v) is 4.76. The summed E-state index contributed by atoms with van der Waals surface area (Å²) in [4.78, 5) is 0. The maximum atomic E-state index is 13.8. The molecule has 106 valence electrons. The number of nitrogens with one attached hydrogen (secondary N) is 1. The van der Waals surface area contributed by atoms with E-state index in [1.54, 1.807) is 13.1 Å². The van der Waals surface area contributed by atoms with Gasteiger partial charge in [-0.05, 0) is 49.7 Å². The molecule has 0 bridgehead atoms. The van der Waals surface area contributed by atoms with Gasteiger partial charge in [-0.3, -0.25) is 0 Å². The van der Waals surface area contributed by atoms with E-state index >= 15 is 0 Å². The molecule has 0 radical (unpaired) electrons. The Morgan fingerprint density at radius 2 is 1.85 bits per heavy atom. The van der Waals surface area contributed by atoms with Gasteiger partial charge in [-0.15, -0.1) is 0 Å². The van der Waals surface area contributed by atoms with Gasteiger partial charge in [0.2, 0.25) is 0 Å². The summed E-state index contributed by atoms with van der Waals surface area (Å²) in [7, 11) is 1.67. The molecule has 0 aliphatic carbocycles. The number of halogens is 3. The summed E-state index contributed by atoms with van der Waals surface area (Å²) < 4.78 is 40.4. The maximum Gasteiger partial charge on any atom is 0.163 e. The third-order valence-electron chi connectivity index (χ3n) is 3.44. The average molecular weight is 279 g/mol. The molecule has 1 nitrogen and oxygen atoms in total. The molecule has 2 rings (SSSR count). The van der Waals surface area contributed by atoms with Gasteiger partial charge >= 0.3 is 0 Å². The molecule has 2 aromatic rings. The summed E-state index contributed by atoms with van der Waals surface area (Å²) in [5, 5.41) is 2.95. The third kappa shape index (κ3) is 3.02. The smallest absolute Gasteiger partial charge is 0.163 e. The first-order valence-electron chi connectivity index (χ1n) is 6.39. The van der Waals surface area contributed by atoms with E-state index in [1.165, 1.54) is 24.3 Å². The van der Waals surface area contributed by atoms with Gasteiger partial charge in [0.25, 0.3) is 0 Å². The highest BCUT2D eigenvalue weighted by Crippen LogP contribution is 2.24. The van der Waals surface area contributed by atoms with Gasteiger partial charge in [0.05, 0.1) is 0 Å². The molecule has 4 heteroatoms. The predicted octanol–water partition coefficient (Wildman–Crippen LogP) is 3.92. The highest BCUT2D eigenvalue weighted by Gasteiger charge is 2.18. The number of hydrogen-bond acceptors (Lipinski definition) is 1. The molecule has 0 saturated heterocycles. The molecule has 0 fully saturated rings. The minimum absolute atomic E-state index is 0.246. The van der Waals surface area contributed by atoms with Crippen LogP contribution in [0, 0.1) is 24.4 Å². The molecule has 1 unspecified atom stereocenters. The van der Waals surface area contributed by atoms with E-state index in [0.717, 1.165) is 17.2 Å². The normalized spacial score (nSPS) is 12.4. The molecule has 0 aliphatic heterocycles. The van der Waals surface area contributed by atoms with Crippen molar-refractivity contribution in [1.82, 2.24) is 5.32 Å². The van der Waals surface area contributed by atoms with E-state index in [2.05, 4.69) is 5.32 Å². The van der Waals surface area contributed by atoms with Crippen LogP contribution in [0.15, 0.2) is 36.4 Å². The van der Waals surface area contributed by atoms with Gasteiger partial charge in [0, 0.05) is 11.6 Å². The predicted molar refractivity (Wildman–Crippen MR) is 73.0 cm³/mol. The number of hydrogen-bond donors (Lipinski definition) is 1. The van der Waals surface area contributed by atoms with Crippen molar-refractivity contribution in [1.29, 1.82) is 0 Å². The Morgan fingerprint density at radius 1 is 1.10 bits per heavy atom. The Hall–Kier alpha value is -1.81. The van der Waals surface area contributed by atoms with Gasteiger partial charge in [-0.25, -0.2) is 13.2 Å². The van der Waals surface area contributed by atoms with Crippen LogP contribution < -0.4 is 5.32 Å². The zero-order chi connectivity index (χ0) is 14.7. The molecule has 1 atom stereocenters. The molecule has 0 saturated carbocycles. The van der Waals surface area contributed by atoms with Crippen molar-refractivity contribution in [2.45, 2.75) is 19.4 Å². The van der Waals surface area contributed by atoms with Gasteiger partial charge in [0.15, 0.2) is 11.6 Å². The van der Waals surface area contributed by atoms with Crippen LogP contribution in [0.25, 0.3) is 0 Å². The highest BCUT2D eigenvalue weighted by molar-refractivity contribution is 5.30. The van der Waals surface area contributed by atoms with Crippen molar-refractivity contribution >= 4 is 0 Å². The Labute approximate surface area is 116 Å². The number of benzene rings is 2. The largest absolute Gasteiger partial charge is 0.313 e. The van der Waals surface area contributed by atoms with Crippen LogP contribution >= 0.6 is 0 Å². The van der Waals surface area contributed by atoms with E-state index in [4.69, 9.17) is 0 Å². The lowest BCUT2D eigenvalue weighted by atomic mass is 9.95. The van der Waals surface area contributed by atoms with Crippen LogP contribution in [0.3, 0.4) is 0 Å². The van der Waals surface area contributed by atoms with Crippen LogP contribution in [-0.2, 0) is 6.42 Å². The average Bonchev–Trinajstić information content (AvgIpc) is 2.43. The maximum absolute atomic E-state index is 13.8. The summed E-state index contributed by atoms with van der Waals surface area (Å²) >= 11 is 0. The minimum atomic E-state index is -0.876. The fourth-order valence-corrected chi connectivity index (χ4v) is 2.24. The Kier molecular flexibility index (Phi) is 4.45. The van der Waals surface area contributed by atoms with Crippen LogP contribution in [0.2, 0.25) is 0 Å². The second-order valence-electron chi connectivity index (χ2n) is 4.76. The topological polar surface area (TPSA) is 12.0 Å². The quantitative estimate of drug-likeness (QED) is 0.894. The molecule has 0 aliphatic rings. The van der Waals surface area contributed by atoms with E-state index in [9.17, 15) is 13.2 Å². The zero-order valence-corrected chi connectivity index (χ0v) is 11.4. The second kappa shape index (κ2) is 6.09. The van der Waals surface area contributed by atoms with Crippen molar-refractivity contribution in [3.8, 4) is 0 Å². The fourth-order valence-electron chi connectivity index (χ4n) is 2.24. The molecule has 0 amide bonds. The van der Waals surface area contributed by atoms with E-state index < -0.39 is 17.7 Å². The van der Waals surface area contributed by atoms with Crippen LogP contribution in [-0.4, -0.2) is 7.05 Å². The SMILES string of the molecule is CNC(Cc1cc(F)ccc1C)c1cccc(F)c1F. The Balaban J connectivity index is 2.34. The van der Waals surface area contributed by atoms with Crippen LogP contribution in [0.4, 0.5) is 13.2 Å². The summed E-state index contributed by atoms with van der Waals surface area (Å²) in [5.41, 5.74) is 1.94. The molecule has 0 spiro atoms. The molecule has 20 heavy (non-hydrogen) atoms. The van der Waals surface area contributed by atoms with Gasteiger partial charge < -0.3 is 5.32 Å². The van der Waals surface area contributed by atoms with E-state index in [-0.39, 0.29) is 11.4 Å². The monoisotopic (exact) mass is 279 g/mol. The summed E-state index contributed by atoms with van der Waals surface area (Å²) in [6.07, 6.45) is 0.389. The number of likely N-dealkylation sites (N-methyl/N-ethyl adjacent to an activating group) is 1. The van der Waals surface area contributed by atoms with E-state index in [1.807, 2.05) is 6.92 Å². The number of rotatable bonds is 4. The fraction of sp³-hybridized carbons (Fsp3) is 0.250. The summed E-state index contributed by atoms with van der Waals surface area (Å²) in [5.74, 6) is -2.07. The Morgan fingerprint density at radius 3 is 2.55 bits per heavy atom. The molecular weight excluding hydrogens is 263 g/mol. The molecule has 2 aromatic carbocycles.